The molecule has 0 unspecified atom stereocenters. The number of pyridine rings is 1. The Labute approximate surface area is 127 Å². The summed E-state index contributed by atoms with van der Waals surface area (Å²) in [6, 6.07) is 4.51. The Bertz CT molecular complexity index is 744. The molecular formula is C12H9BrF2N2O3S. The highest BCUT2D eigenvalue weighted by molar-refractivity contribution is 9.10. The van der Waals surface area contributed by atoms with Crippen molar-refractivity contribution < 1.29 is 21.9 Å². The van der Waals surface area contributed by atoms with E-state index in [0.29, 0.717) is 17.8 Å². The number of sulfonamides is 1. The molecule has 0 saturated heterocycles. The van der Waals surface area contributed by atoms with E-state index in [1.165, 1.54) is 6.20 Å². The predicted octanol–water partition coefficient (Wildman–Crippen LogP) is 2.35. The van der Waals surface area contributed by atoms with Crippen molar-refractivity contribution in [3.8, 4) is 5.75 Å². The van der Waals surface area contributed by atoms with Gasteiger partial charge in [-0.05, 0) is 40.2 Å². The minimum Gasteiger partial charge on any atom is -0.481 e. The molecule has 0 aliphatic carbocycles. The molecule has 5 nitrogen and oxygen atoms in total. The Morgan fingerprint density at radius 1 is 1.24 bits per heavy atom. The van der Waals surface area contributed by atoms with Crippen molar-refractivity contribution in [2.75, 3.05) is 0 Å². The molecule has 0 spiro atoms. The summed E-state index contributed by atoms with van der Waals surface area (Å²) in [5, 5.41) is 4.81. The molecule has 0 bridgehead atoms. The van der Waals surface area contributed by atoms with E-state index in [9.17, 15) is 17.2 Å². The van der Waals surface area contributed by atoms with Crippen LogP contribution in [-0.2, 0) is 16.6 Å². The van der Waals surface area contributed by atoms with Gasteiger partial charge in [-0.25, -0.2) is 22.3 Å². The Balaban J connectivity index is 2.23. The topological polar surface area (TPSA) is 82.3 Å². The van der Waals surface area contributed by atoms with Gasteiger partial charge in [-0.15, -0.1) is 0 Å². The van der Waals surface area contributed by atoms with Gasteiger partial charge in [-0.3, -0.25) is 4.98 Å². The van der Waals surface area contributed by atoms with Crippen LogP contribution in [-0.4, -0.2) is 13.4 Å². The maximum Gasteiger partial charge on any atom is 0.238 e. The molecule has 1 heterocycles. The SMILES string of the molecule is NS(=O)(=O)c1cc(F)c(OCc2ccc(Br)cn2)c(F)c1. The van der Waals surface area contributed by atoms with Crippen molar-refractivity contribution in [2.24, 2.45) is 5.14 Å². The van der Waals surface area contributed by atoms with Crippen LogP contribution >= 0.6 is 15.9 Å². The zero-order chi connectivity index (χ0) is 15.6. The standard InChI is InChI=1S/C12H9BrF2N2O3S/c13-7-1-2-8(17-5-7)6-20-12-10(14)3-9(4-11(12)15)21(16,18)19/h1-5H,6H2,(H2,16,18,19). The Hall–Kier alpha value is -1.58. The fraction of sp³-hybridized carbons (Fsp3) is 0.0833. The summed E-state index contributed by atoms with van der Waals surface area (Å²) in [7, 11) is -4.19. The highest BCUT2D eigenvalue weighted by atomic mass is 79.9. The van der Waals surface area contributed by atoms with E-state index in [1.54, 1.807) is 12.1 Å². The van der Waals surface area contributed by atoms with Crippen molar-refractivity contribution in [3.05, 3.63) is 52.3 Å². The maximum atomic E-state index is 13.7. The first-order valence-electron chi connectivity index (χ1n) is 5.52. The molecule has 9 heteroatoms. The van der Waals surface area contributed by atoms with E-state index >= 15 is 0 Å². The molecule has 0 radical (unpaired) electrons. The fourth-order valence-corrected chi connectivity index (χ4v) is 2.25. The first-order chi connectivity index (χ1) is 9.77. The second-order valence-electron chi connectivity index (χ2n) is 4.02. The molecular weight excluding hydrogens is 370 g/mol. The van der Waals surface area contributed by atoms with Crippen molar-refractivity contribution in [3.63, 3.8) is 0 Å². The lowest BCUT2D eigenvalue weighted by molar-refractivity contribution is 0.269. The summed E-state index contributed by atoms with van der Waals surface area (Å²) in [6.07, 6.45) is 1.51. The Morgan fingerprint density at radius 3 is 2.33 bits per heavy atom. The van der Waals surface area contributed by atoms with Gasteiger partial charge in [0, 0.05) is 10.7 Å². The normalized spacial score (nSPS) is 11.4. The summed E-state index contributed by atoms with van der Waals surface area (Å²) in [5.74, 6) is -3.00. The molecule has 0 amide bonds. The molecule has 0 saturated carbocycles. The van der Waals surface area contributed by atoms with Gasteiger partial charge in [0.05, 0.1) is 10.6 Å². The quantitative estimate of drug-likeness (QED) is 0.884. The molecule has 2 aromatic rings. The smallest absolute Gasteiger partial charge is 0.238 e. The molecule has 2 rings (SSSR count). The van der Waals surface area contributed by atoms with Gasteiger partial charge in [-0.1, -0.05) is 0 Å². The third kappa shape index (κ3) is 3.96. The molecule has 2 N–H and O–H groups in total. The largest absolute Gasteiger partial charge is 0.481 e. The average molecular weight is 379 g/mol. The number of rotatable bonds is 4. The fourth-order valence-electron chi connectivity index (χ4n) is 1.48. The van der Waals surface area contributed by atoms with Crippen LogP contribution < -0.4 is 9.88 Å². The van der Waals surface area contributed by atoms with Crippen LogP contribution in [0.3, 0.4) is 0 Å². The summed E-state index contributed by atoms with van der Waals surface area (Å²) >= 11 is 3.20. The van der Waals surface area contributed by atoms with E-state index in [0.717, 1.165) is 4.47 Å². The van der Waals surface area contributed by atoms with Gasteiger partial charge in [0.15, 0.2) is 17.4 Å². The number of hydrogen-bond donors (Lipinski definition) is 1. The van der Waals surface area contributed by atoms with Gasteiger partial charge < -0.3 is 4.74 Å². The number of nitrogens with zero attached hydrogens (tertiary/aromatic N) is 1. The molecule has 0 fully saturated rings. The van der Waals surface area contributed by atoms with Crippen LogP contribution in [0, 0.1) is 11.6 Å². The highest BCUT2D eigenvalue weighted by Gasteiger charge is 2.18. The van der Waals surface area contributed by atoms with E-state index in [-0.39, 0.29) is 6.61 Å². The van der Waals surface area contributed by atoms with Crippen molar-refractivity contribution in [1.29, 1.82) is 0 Å². The van der Waals surface area contributed by atoms with E-state index in [4.69, 9.17) is 9.88 Å². The van der Waals surface area contributed by atoms with Gasteiger partial charge in [0.25, 0.3) is 0 Å². The van der Waals surface area contributed by atoms with E-state index < -0.39 is 32.3 Å². The molecule has 1 aromatic heterocycles. The van der Waals surface area contributed by atoms with Gasteiger partial charge in [0.2, 0.25) is 10.0 Å². The zero-order valence-corrected chi connectivity index (χ0v) is 12.8. The number of benzene rings is 1. The number of halogens is 3. The van der Waals surface area contributed by atoms with Gasteiger partial charge >= 0.3 is 0 Å². The lowest BCUT2D eigenvalue weighted by Gasteiger charge is -2.09. The number of hydrogen-bond acceptors (Lipinski definition) is 4. The van der Waals surface area contributed by atoms with Crippen LogP contribution in [0.4, 0.5) is 8.78 Å². The number of primary sulfonamides is 1. The Morgan fingerprint density at radius 2 is 1.86 bits per heavy atom. The van der Waals surface area contributed by atoms with Crippen molar-refractivity contribution in [1.82, 2.24) is 4.98 Å². The summed E-state index contributed by atoms with van der Waals surface area (Å²) in [6.45, 7) is -0.171. The first kappa shape index (κ1) is 15.8. The third-order valence-electron chi connectivity index (χ3n) is 2.45. The molecule has 0 aliphatic rings. The minimum atomic E-state index is -4.19. The second kappa shape index (κ2) is 6.04. The average Bonchev–Trinajstić information content (AvgIpc) is 2.38. The van der Waals surface area contributed by atoms with Crippen molar-refractivity contribution >= 4 is 26.0 Å². The number of ether oxygens (including phenoxy) is 1. The zero-order valence-electron chi connectivity index (χ0n) is 10.4. The first-order valence-corrected chi connectivity index (χ1v) is 7.86. The molecule has 0 aliphatic heterocycles. The molecule has 1 aromatic carbocycles. The molecule has 0 atom stereocenters. The van der Waals surface area contributed by atoms with Crippen LogP contribution in [0.1, 0.15) is 5.69 Å². The molecule has 112 valence electrons. The summed E-state index contributed by atoms with van der Waals surface area (Å²) < 4.78 is 55.2. The predicted molar refractivity (Wildman–Crippen MR) is 74.0 cm³/mol. The number of nitrogens with two attached hydrogens (primary N) is 1. The lowest BCUT2D eigenvalue weighted by atomic mass is 10.3. The highest BCUT2D eigenvalue weighted by Crippen LogP contribution is 2.25. The number of aromatic nitrogens is 1. The van der Waals surface area contributed by atoms with Gasteiger partial charge in [-0.2, -0.15) is 0 Å². The third-order valence-corrected chi connectivity index (χ3v) is 3.82. The summed E-state index contributed by atoms with van der Waals surface area (Å²) in [4.78, 5) is 3.32. The lowest BCUT2D eigenvalue weighted by Crippen LogP contribution is -2.13. The monoisotopic (exact) mass is 378 g/mol. The van der Waals surface area contributed by atoms with Gasteiger partial charge in [0.1, 0.15) is 6.61 Å². The van der Waals surface area contributed by atoms with Crippen LogP contribution in [0.5, 0.6) is 5.75 Å². The van der Waals surface area contributed by atoms with Crippen molar-refractivity contribution in [2.45, 2.75) is 11.5 Å². The maximum absolute atomic E-state index is 13.7. The molecule has 21 heavy (non-hydrogen) atoms. The second-order valence-corrected chi connectivity index (χ2v) is 6.49. The van der Waals surface area contributed by atoms with Crippen LogP contribution in [0.25, 0.3) is 0 Å². The van der Waals surface area contributed by atoms with Crippen LogP contribution in [0.15, 0.2) is 39.8 Å². The van der Waals surface area contributed by atoms with E-state index in [1.807, 2.05) is 0 Å². The minimum absolute atomic E-state index is 0.171. The van der Waals surface area contributed by atoms with Crippen LogP contribution in [0.2, 0.25) is 0 Å². The summed E-state index contributed by atoms with van der Waals surface area (Å²) in [5.41, 5.74) is 0.451. The van der Waals surface area contributed by atoms with E-state index in [2.05, 4.69) is 20.9 Å². The Kier molecular flexibility index (Phi) is 4.55.